The number of nitrogens with zero attached hydrogens (tertiary/aromatic N) is 1. The van der Waals surface area contributed by atoms with Crippen molar-refractivity contribution in [1.29, 1.82) is 0 Å². The number of non-ortho nitro benzene ring substituents is 1. The Labute approximate surface area is 215 Å². The van der Waals surface area contributed by atoms with E-state index in [1.807, 2.05) is 32.0 Å². The number of nitro benzene ring substituents is 1. The Morgan fingerprint density at radius 3 is 2.44 bits per heavy atom. The summed E-state index contributed by atoms with van der Waals surface area (Å²) in [7, 11) is 0. The second-order valence-electron chi connectivity index (χ2n) is 7.30. The van der Waals surface area contributed by atoms with Gasteiger partial charge in [-0.2, -0.15) is 0 Å². The average molecular weight is 596 g/mol. The monoisotopic (exact) mass is 595 g/mol. The maximum Gasteiger partial charge on any atom is 0.269 e. The first kappa shape index (κ1) is 25.6. The highest BCUT2D eigenvalue weighted by Gasteiger charge is 2.15. The number of carbonyl (C=O) groups is 1. The zero-order chi connectivity index (χ0) is 24.7. The molecule has 10 heteroatoms. The predicted molar refractivity (Wildman–Crippen MR) is 141 cm³/mol. The van der Waals surface area contributed by atoms with Gasteiger partial charge in [0.05, 0.1) is 15.1 Å². The number of hydrogen-bond acceptors (Lipinski definition) is 6. The van der Waals surface area contributed by atoms with Gasteiger partial charge in [0.15, 0.2) is 18.1 Å². The molecular weight excluding hydrogens is 573 g/mol. The summed E-state index contributed by atoms with van der Waals surface area (Å²) in [5.74, 6) is 0.696. The molecule has 0 fully saturated rings. The fourth-order valence-corrected chi connectivity index (χ4v) is 4.04. The molecule has 0 unspecified atom stereocenters. The Morgan fingerprint density at radius 1 is 1.09 bits per heavy atom. The zero-order valence-corrected chi connectivity index (χ0v) is 21.5. The van der Waals surface area contributed by atoms with E-state index < -0.39 is 4.92 Å². The minimum Gasteiger partial charge on any atom is -0.490 e. The van der Waals surface area contributed by atoms with Crippen molar-refractivity contribution >= 4 is 57.2 Å². The molecular formula is C24H23ClIN3O5. The van der Waals surface area contributed by atoms with Crippen molar-refractivity contribution in [3.8, 4) is 11.5 Å². The first-order valence-corrected chi connectivity index (χ1v) is 11.8. The number of nitro groups is 1. The smallest absolute Gasteiger partial charge is 0.269 e. The van der Waals surface area contributed by atoms with Gasteiger partial charge in [-0.3, -0.25) is 14.9 Å². The largest absolute Gasteiger partial charge is 0.490 e. The molecule has 3 aromatic rings. The summed E-state index contributed by atoms with van der Waals surface area (Å²) in [6.45, 7) is 4.47. The minimum atomic E-state index is -0.435. The second-order valence-corrected chi connectivity index (χ2v) is 8.87. The van der Waals surface area contributed by atoms with Crippen LogP contribution in [0.2, 0.25) is 5.02 Å². The lowest BCUT2D eigenvalue weighted by Crippen LogP contribution is -2.20. The Morgan fingerprint density at radius 2 is 1.79 bits per heavy atom. The molecule has 34 heavy (non-hydrogen) atoms. The number of rotatable bonds is 10. The van der Waals surface area contributed by atoms with Gasteiger partial charge in [-0.25, -0.2) is 0 Å². The van der Waals surface area contributed by atoms with Crippen LogP contribution in [0.3, 0.4) is 0 Å². The maximum atomic E-state index is 12.4. The highest BCUT2D eigenvalue weighted by Crippen LogP contribution is 2.34. The van der Waals surface area contributed by atoms with Gasteiger partial charge in [-0.1, -0.05) is 17.7 Å². The number of ether oxygens (including phenoxy) is 2. The number of nitrogens with one attached hydrogen (secondary N) is 2. The molecule has 0 heterocycles. The van der Waals surface area contributed by atoms with Crippen molar-refractivity contribution in [1.82, 2.24) is 0 Å². The van der Waals surface area contributed by atoms with E-state index in [1.54, 1.807) is 24.3 Å². The third-order valence-corrected chi connectivity index (χ3v) is 5.96. The standard InChI is InChI=1S/C24H23ClIN3O5/c1-3-33-22-11-16(13-27-17-6-8-19(9-7-17)29(31)32)10-21(26)24(22)34-14-23(30)28-18-5-4-15(2)20(25)12-18/h4-12,27H,3,13-14H2,1-2H3,(H,28,30). The number of hydrogen-bond donors (Lipinski definition) is 2. The van der Waals surface area contributed by atoms with Crippen LogP contribution in [0, 0.1) is 20.6 Å². The van der Waals surface area contributed by atoms with Crippen molar-refractivity contribution in [2.45, 2.75) is 20.4 Å². The van der Waals surface area contributed by atoms with Gasteiger partial charge in [0.2, 0.25) is 0 Å². The third kappa shape index (κ3) is 6.97. The van der Waals surface area contributed by atoms with Crippen LogP contribution < -0.4 is 20.1 Å². The van der Waals surface area contributed by atoms with Crippen LogP contribution in [0.5, 0.6) is 11.5 Å². The number of aryl methyl sites for hydroxylation is 1. The van der Waals surface area contributed by atoms with E-state index in [9.17, 15) is 14.9 Å². The van der Waals surface area contributed by atoms with Crippen LogP contribution in [0.4, 0.5) is 17.1 Å². The fourth-order valence-electron chi connectivity index (χ4n) is 3.04. The number of benzene rings is 3. The number of amides is 1. The van der Waals surface area contributed by atoms with Gasteiger partial charge in [0, 0.05) is 35.1 Å². The molecule has 0 atom stereocenters. The summed E-state index contributed by atoms with van der Waals surface area (Å²) in [6, 6.07) is 15.3. The van der Waals surface area contributed by atoms with E-state index in [2.05, 4.69) is 33.2 Å². The molecule has 3 aromatic carbocycles. The van der Waals surface area contributed by atoms with Crippen molar-refractivity contribution in [2.24, 2.45) is 0 Å². The highest BCUT2D eigenvalue weighted by atomic mass is 127. The molecule has 178 valence electrons. The van der Waals surface area contributed by atoms with Crippen LogP contribution in [-0.2, 0) is 11.3 Å². The Balaban J connectivity index is 1.65. The molecule has 0 aliphatic heterocycles. The first-order chi connectivity index (χ1) is 16.3. The van der Waals surface area contributed by atoms with E-state index in [0.717, 1.165) is 20.4 Å². The lowest BCUT2D eigenvalue weighted by atomic mass is 10.2. The molecule has 0 saturated carbocycles. The number of halogens is 2. The quantitative estimate of drug-likeness (QED) is 0.165. The summed E-state index contributed by atoms with van der Waals surface area (Å²) in [5, 5.41) is 17.4. The van der Waals surface area contributed by atoms with Crippen molar-refractivity contribution in [3.05, 3.63) is 84.4 Å². The predicted octanol–water partition coefficient (Wildman–Crippen LogP) is 6.19. The molecule has 0 bridgehead atoms. The highest BCUT2D eigenvalue weighted by molar-refractivity contribution is 14.1. The van der Waals surface area contributed by atoms with E-state index in [1.165, 1.54) is 12.1 Å². The van der Waals surface area contributed by atoms with Crippen LogP contribution in [0.15, 0.2) is 54.6 Å². The fraction of sp³-hybridized carbons (Fsp3) is 0.208. The van der Waals surface area contributed by atoms with Crippen molar-refractivity contribution in [3.63, 3.8) is 0 Å². The molecule has 3 rings (SSSR count). The van der Waals surface area contributed by atoms with Gasteiger partial charge in [0.1, 0.15) is 0 Å². The van der Waals surface area contributed by atoms with Crippen molar-refractivity contribution < 1.29 is 19.2 Å². The molecule has 0 aromatic heterocycles. The van der Waals surface area contributed by atoms with Crippen molar-refractivity contribution in [2.75, 3.05) is 23.8 Å². The molecule has 0 radical (unpaired) electrons. The summed E-state index contributed by atoms with van der Waals surface area (Å²) >= 11 is 8.25. The van der Waals surface area contributed by atoms with E-state index >= 15 is 0 Å². The maximum absolute atomic E-state index is 12.4. The van der Waals surface area contributed by atoms with Crippen LogP contribution in [-0.4, -0.2) is 24.0 Å². The molecule has 0 saturated heterocycles. The van der Waals surface area contributed by atoms with Gasteiger partial charge in [-0.15, -0.1) is 0 Å². The summed E-state index contributed by atoms with van der Waals surface area (Å²) < 4.78 is 12.3. The van der Waals surface area contributed by atoms with Gasteiger partial charge in [-0.05, 0) is 84.0 Å². The molecule has 0 aliphatic carbocycles. The Kier molecular flexibility index (Phi) is 8.94. The van der Waals surface area contributed by atoms with Gasteiger partial charge in [0.25, 0.3) is 11.6 Å². The van der Waals surface area contributed by atoms with Gasteiger partial charge < -0.3 is 20.1 Å². The third-order valence-electron chi connectivity index (χ3n) is 4.75. The average Bonchev–Trinajstić information content (AvgIpc) is 2.80. The zero-order valence-electron chi connectivity index (χ0n) is 18.6. The lowest BCUT2D eigenvalue weighted by Gasteiger charge is -2.16. The van der Waals surface area contributed by atoms with Crippen LogP contribution in [0.25, 0.3) is 0 Å². The van der Waals surface area contributed by atoms with Crippen LogP contribution >= 0.6 is 34.2 Å². The van der Waals surface area contributed by atoms with E-state index in [0.29, 0.717) is 35.4 Å². The molecule has 0 aliphatic rings. The Bertz CT molecular complexity index is 1190. The molecule has 0 spiro atoms. The van der Waals surface area contributed by atoms with Crippen LogP contribution in [0.1, 0.15) is 18.1 Å². The lowest BCUT2D eigenvalue weighted by molar-refractivity contribution is -0.384. The topological polar surface area (TPSA) is 103 Å². The first-order valence-electron chi connectivity index (χ1n) is 10.4. The number of carbonyl (C=O) groups excluding carboxylic acids is 1. The second kappa shape index (κ2) is 11.9. The number of anilines is 2. The minimum absolute atomic E-state index is 0.0368. The van der Waals surface area contributed by atoms with E-state index in [4.69, 9.17) is 21.1 Å². The molecule has 1 amide bonds. The normalized spacial score (nSPS) is 10.5. The molecule has 2 N–H and O–H groups in total. The summed E-state index contributed by atoms with van der Waals surface area (Å²) in [6.07, 6.45) is 0. The summed E-state index contributed by atoms with van der Waals surface area (Å²) in [4.78, 5) is 22.7. The Hall–Kier alpha value is -3.05. The SMILES string of the molecule is CCOc1cc(CNc2ccc([N+](=O)[O-])cc2)cc(I)c1OCC(=O)Nc1ccc(C)c(Cl)c1. The van der Waals surface area contributed by atoms with Gasteiger partial charge >= 0.3 is 0 Å². The summed E-state index contributed by atoms with van der Waals surface area (Å²) in [5.41, 5.74) is 3.24. The van der Waals surface area contributed by atoms with E-state index in [-0.39, 0.29) is 18.2 Å². The molecule has 8 nitrogen and oxygen atoms in total.